The zero-order chi connectivity index (χ0) is 17.5. The van der Waals surface area contributed by atoms with E-state index in [1.165, 1.54) is 4.68 Å². The van der Waals surface area contributed by atoms with Crippen molar-refractivity contribution < 1.29 is 14.3 Å². The summed E-state index contributed by atoms with van der Waals surface area (Å²) in [5.41, 5.74) is 0.608. The topological polar surface area (TPSA) is 91.2 Å². The molecule has 0 aliphatic rings. The molecule has 0 aliphatic heterocycles. The first kappa shape index (κ1) is 16.4. The normalized spacial score (nSPS) is 10.3. The number of anilines is 1. The van der Waals surface area contributed by atoms with Crippen LogP contribution in [0, 0.1) is 0 Å². The van der Waals surface area contributed by atoms with E-state index in [-0.39, 0.29) is 19.1 Å². The number of benzene rings is 1. The monoisotopic (exact) mass is 339 g/mol. The highest BCUT2D eigenvalue weighted by Crippen LogP contribution is 2.26. The Hall–Kier alpha value is -3.42. The number of aromatic nitrogens is 4. The number of nitrogens with one attached hydrogen (secondary N) is 1. The first-order chi connectivity index (χ1) is 12.2. The lowest BCUT2D eigenvalue weighted by molar-refractivity contribution is -0.116. The average Bonchev–Trinajstić information content (AvgIpc) is 3.08. The summed E-state index contributed by atoms with van der Waals surface area (Å²) < 4.78 is 12.3. The maximum Gasteiger partial charge on any atom is 0.247 e. The minimum absolute atomic E-state index is 0.0399. The van der Waals surface area contributed by atoms with Crippen molar-refractivity contribution in [2.75, 3.05) is 12.4 Å². The maximum absolute atomic E-state index is 12.0. The molecule has 2 heterocycles. The molecule has 3 rings (SSSR count). The molecule has 1 aromatic carbocycles. The number of para-hydroxylation sites is 2. The predicted octanol–water partition coefficient (Wildman–Crippen LogP) is 1.90. The van der Waals surface area contributed by atoms with Crippen LogP contribution in [0.25, 0.3) is 0 Å². The largest absolute Gasteiger partial charge is 0.493 e. The van der Waals surface area contributed by atoms with E-state index >= 15 is 0 Å². The van der Waals surface area contributed by atoms with Gasteiger partial charge in [-0.3, -0.25) is 4.79 Å². The summed E-state index contributed by atoms with van der Waals surface area (Å²) in [7, 11) is 1.58. The van der Waals surface area contributed by atoms with Gasteiger partial charge in [-0.15, -0.1) is 5.10 Å². The fourth-order valence-electron chi connectivity index (χ4n) is 2.14. The maximum atomic E-state index is 12.0. The molecule has 0 aliphatic carbocycles. The van der Waals surface area contributed by atoms with Crippen LogP contribution in [0.3, 0.4) is 0 Å². The Morgan fingerprint density at radius 2 is 1.96 bits per heavy atom. The van der Waals surface area contributed by atoms with Crippen molar-refractivity contribution in [3.05, 3.63) is 60.6 Å². The van der Waals surface area contributed by atoms with E-state index < -0.39 is 0 Å². The summed E-state index contributed by atoms with van der Waals surface area (Å²) in [6.07, 6.45) is 3.27. The molecule has 2 aromatic heterocycles. The second-order valence-electron chi connectivity index (χ2n) is 5.11. The molecule has 0 spiro atoms. The number of methoxy groups -OCH3 is 1. The first-order valence-electron chi connectivity index (χ1n) is 7.60. The number of rotatable bonds is 7. The Morgan fingerprint density at radius 1 is 1.16 bits per heavy atom. The number of hydrogen-bond donors (Lipinski definition) is 1. The molecular weight excluding hydrogens is 322 g/mol. The molecule has 1 N–H and O–H groups in total. The third-order valence-electron chi connectivity index (χ3n) is 3.27. The molecule has 0 bridgehead atoms. The molecule has 0 saturated carbocycles. The first-order valence-corrected chi connectivity index (χ1v) is 7.60. The smallest absolute Gasteiger partial charge is 0.247 e. The van der Waals surface area contributed by atoms with Crippen LogP contribution in [-0.4, -0.2) is 33.0 Å². The molecule has 0 unspecified atom stereocenters. The summed E-state index contributed by atoms with van der Waals surface area (Å²) >= 11 is 0. The van der Waals surface area contributed by atoms with Gasteiger partial charge in [-0.1, -0.05) is 23.4 Å². The van der Waals surface area contributed by atoms with Gasteiger partial charge in [0.15, 0.2) is 11.5 Å². The quantitative estimate of drug-likeness (QED) is 0.707. The lowest BCUT2D eigenvalue weighted by atomic mass is 10.3. The molecule has 3 aromatic rings. The number of carbonyl (C=O) groups excluding carboxylic acids is 1. The lowest BCUT2D eigenvalue weighted by Crippen LogP contribution is -2.19. The molecule has 25 heavy (non-hydrogen) atoms. The van der Waals surface area contributed by atoms with Crippen LogP contribution in [-0.2, 0) is 17.9 Å². The van der Waals surface area contributed by atoms with Crippen LogP contribution in [0.15, 0.2) is 54.9 Å². The highest BCUT2D eigenvalue weighted by Gasteiger charge is 2.09. The third kappa shape index (κ3) is 4.54. The fraction of sp³-hybridized carbons (Fsp3) is 0.176. The molecule has 1 amide bonds. The van der Waals surface area contributed by atoms with Crippen molar-refractivity contribution >= 4 is 11.7 Å². The molecule has 128 valence electrons. The van der Waals surface area contributed by atoms with E-state index in [0.717, 1.165) is 0 Å². The van der Waals surface area contributed by atoms with Gasteiger partial charge in [0.2, 0.25) is 5.91 Å². The Balaban J connectivity index is 1.54. The molecular formula is C17H17N5O3. The summed E-state index contributed by atoms with van der Waals surface area (Å²) in [5, 5.41) is 10.6. The second-order valence-corrected chi connectivity index (χ2v) is 5.11. The van der Waals surface area contributed by atoms with Crippen molar-refractivity contribution in [3.63, 3.8) is 0 Å². The van der Waals surface area contributed by atoms with E-state index in [1.54, 1.807) is 37.7 Å². The summed E-state index contributed by atoms with van der Waals surface area (Å²) in [6, 6.07) is 12.6. The van der Waals surface area contributed by atoms with Crippen LogP contribution >= 0.6 is 0 Å². The fourth-order valence-corrected chi connectivity index (χ4v) is 2.14. The van der Waals surface area contributed by atoms with Crippen molar-refractivity contribution in [2.45, 2.75) is 13.2 Å². The van der Waals surface area contributed by atoms with Gasteiger partial charge in [0.1, 0.15) is 24.7 Å². The van der Waals surface area contributed by atoms with E-state index in [1.807, 2.05) is 24.3 Å². The van der Waals surface area contributed by atoms with Crippen LogP contribution in [0.1, 0.15) is 5.69 Å². The summed E-state index contributed by atoms with van der Waals surface area (Å²) in [6.45, 7) is 0.264. The second kappa shape index (κ2) is 7.91. The van der Waals surface area contributed by atoms with Gasteiger partial charge in [-0.05, 0) is 24.3 Å². The van der Waals surface area contributed by atoms with Gasteiger partial charge in [0.25, 0.3) is 0 Å². The van der Waals surface area contributed by atoms with Crippen molar-refractivity contribution in [3.8, 4) is 11.5 Å². The highest BCUT2D eigenvalue weighted by atomic mass is 16.5. The van der Waals surface area contributed by atoms with Gasteiger partial charge >= 0.3 is 0 Å². The van der Waals surface area contributed by atoms with Crippen LogP contribution in [0.5, 0.6) is 11.5 Å². The van der Waals surface area contributed by atoms with Gasteiger partial charge in [0.05, 0.1) is 13.3 Å². The Labute approximate surface area is 144 Å². The standard InChI is InChI=1S/C17H17N5O3/c1-24-14-6-2-3-7-15(14)25-12-13-10-22(21-20-13)11-17(23)19-16-8-4-5-9-18-16/h2-10H,11-12H2,1H3,(H,18,19,23). The molecule has 0 atom stereocenters. The number of carbonyl (C=O) groups is 1. The van der Waals surface area contributed by atoms with Crippen molar-refractivity contribution in [2.24, 2.45) is 0 Å². The minimum atomic E-state index is -0.235. The van der Waals surface area contributed by atoms with E-state index in [2.05, 4.69) is 20.6 Å². The van der Waals surface area contributed by atoms with Gasteiger partial charge < -0.3 is 14.8 Å². The Morgan fingerprint density at radius 3 is 2.72 bits per heavy atom. The number of amides is 1. The van der Waals surface area contributed by atoms with E-state index in [9.17, 15) is 4.79 Å². The number of ether oxygens (including phenoxy) is 2. The Bertz CT molecular complexity index is 835. The van der Waals surface area contributed by atoms with Gasteiger partial charge in [-0.2, -0.15) is 0 Å². The minimum Gasteiger partial charge on any atom is -0.493 e. The van der Waals surface area contributed by atoms with E-state index in [0.29, 0.717) is 23.0 Å². The molecule has 0 saturated heterocycles. The number of nitrogens with zero attached hydrogens (tertiary/aromatic N) is 4. The zero-order valence-electron chi connectivity index (χ0n) is 13.6. The number of pyridine rings is 1. The summed E-state index contributed by atoms with van der Waals surface area (Å²) in [4.78, 5) is 16.0. The average molecular weight is 339 g/mol. The van der Waals surface area contributed by atoms with E-state index in [4.69, 9.17) is 9.47 Å². The van der Waals surface area contributed by atoms with Crippen molar-refractivity contribution in [1.82, 2.24) is 20.0 Å². The predicted molar refractivity (Wildman–Crippen MR) is 90.2 cm³/mol. The molecule has 8 nitrogen and oxygen atoms in total. The molecule has 0 radical (unpaired) electrons. The van der Waals surface area contributed by atoms with Crippen molar-refractivity contribution in [1.29, 1.82) is 0 Å². The zero-order valence-corrected chi connectivity index (χ0v) is 13.6. The SMILES string of the molecule is COc1ccccc1OCc1cn(CC(=O)Nc2ccccn2)nn1. The van der Waals surface area contributed by atoms with Gasteiger partial charge in [0, 0.05) is 6.20 Å². The third-order valence-corrected chi connectivity index (χ3v) is 3.27. The number of hydrogen-bond acceptors (Lipinski definition) is 6. The molecule has 8 heteroatoms. The van der Waals surface area contributed by atoms with Crippen LogP contribution in [0.2, 0.25) is 0 Å². The summed E-state index contributed by atoms with van der Waals surface area (Å²) in [5.74, 6) is 1.52. The lowest BCUT2D eigenvalue weighted by Gasteiger charge is -2.08. The van der Waals surface area contributed by atoms with Gasteiger partial charge in [-0.25, -0.2) is 9.67 Å². The molecule has 0 fully saturated rings. The van der Waals surface area contributed by atoms with Crippen LogP contribution in [0.4, 0.5) is 5.82 Å². The van der Waals surface area contributed by atoms with Crippen LogP contribution < -0.4 is 14.8 Å². The highest BCUT2D eigenvalue weighted by molar-refractivity contribution is 5.89. The Kier molecular flexibility index (Phi) is 5.20.